The Morgan fingerprint density at radius 2 is 1.00 bits per heavy atom. The van der Waals surface area contributed by atoms with Gasteiger partial charge in [0.2, 0.25) is 0 Å². The van der Waals surface area contributed by atoms with E-state index < -0.39 is 0 Å². The second kappa shape index (κ2) is 8.04. The van der Waals surface area contributed by atoms with Crippen LogP contribution in [-0.2, 0) is 0 Å². The quantitative estimate of drug-likeness (QED) is 0.591. The molecule has 0 heterocycles. The van der Waals surface area contributed by atoms with Crippen LogP contribution in [0.4, 0.5) is 0 Å². The number of hydrogen-bond acceptors (Lipinski definition) is 1. The van der Waals surface area contributed by atoms with Gasteiger partial charge in [0, 0.05) is 0 Å². The first-order valence-corrected chi connectivity index (χ1v) is 7.42. The summed E-state index contributed by atoms with van der Waals surface area (Å²) in [7, 11) is 1.67. The van der Waals surface area contributed by atoms with Crippen molar-refractivity contribution in [1.82, 2.24) is 0 Å². The fourth-order valence-electron chi connectivity index (χ4n) is 2.05. The van der Waals surface area contributed by atoms with Crippen molar-refractivity contribution in [1.29, 1.82) is 0 Å². The zero-order valence-electron chi connectivity index (χ0n) is 13.4. The Balaban J connectivity index is 0.000000172. The van der Waals surface area contributed by atoms with E-state index in [1.54, 1.807) is 7.11 Å². The molecule has 0 aliphatic heterocycles. The van der Waals surface area contributed by atoms with E-state index in [1.165, 1.54) is 22.3 Å². The van der Waals surface area contributed by atoms with Crippen molar-refractivity contribution < 1.29 is 4.74 Å². The van der Waals surface area contributed by atoms with Gasteiger partial charge >= 0.3 is 0 Å². The third kappa shape index (κ3) is 4.78. The molecule has 1 heteroatoms. The minimum absolute atomic E-state index is 0.917. The Labute approximate surface area is 133 Å². The van der Waals surface area contributed by atoms with E-state index in [-0.39, 0.29) is 0 Å². The lowest BCUT2D eigenvalue weighted by atomic mass is 10.0. The van der Waals surface area contributed by atoms with E-state index >= 15 is 0 Å². The molecular weight excluding hydrogens is 268 g/mol. The van der Waals surface area contributed by atoms with Crippen molar-refractivity contribution in [2.45, 2.75) is 13.8 Å². The van der Waals surface area contributed by atoms with Crippen molar-refractivity contribution in [3.63, 3.8) is 0 Å². The Hall–Kier alpha value is -2.54. The number of hydrogen-bond donors (Lipinski definition) is 0. The second-order valence-electron chi connectivity index (χ2n) is 5.25. The maximum Gasteiger partial charge on any atom is 0.118 e. The summed E-state index contributed by atoms with van der Waals surface area (Å²) in [4.78, 5) is 0. The van der Waals surface area contributed by atoms with Crippen molar-refractivity contribution in [2.75, 3.05) is 7.11 Å². The molecule has 22 heavy (non-hydrogen) atoms. The van der Waals surface area contributed by atoms with Crippen LogP contribution in [0.1, 0.15) is 11.1 Å². The molecule has 3 aromatic carbocycles. The van der Waals surface area contributed by atoms with Gasteiger partial charge in [-0.15, -0.1) is 0 Å². The predicted octanol–water partition coefficient (Wildman–Crippen LogP) is 5.67. The average Bonchev–Trinajstić information content (AvgIpc) is 2.58. The molecule has 0 saturated heterocycles. The van der Waals surface area contributed by atoms with Crippen molar-refractivity contribution in [3.8, 4) is 16.9 Å². The maximum atomic E-state index is 4.97. The van der Waals surface area contributed by atoms with Crippen LogP contribution in [0.2, 0.25) is 0 Å². The number of ether oxygens (including phenoxy) is 1. The van der Waals surface area contributed by atoms with Crippen molar-refractivity contribution in [3.05, 3.63) is 90.0 Å². The Morgan fingerprint density at radius 3 is 1.50 bits per heavy atom. The first kappa shape index (κ1) is 15.8. The van der Waals surface area contributed by atoms with Crippen LogP contribution in [0.25, 0.3) is 11.1 Å². The molecule has 0 fully saturated rings. The smallest absolute Gasteiger partial charge is 0.118 e. The average molecular weight is 290 g/mol. The Bertz CT molecular complexity index is 667. The van der Waals surface area contributed by atoms with Crippen molar-refractivity contribution in [2.24, 2.45) is 0 Å². The molecule has 3 rings (SSSR count). The Morgan fingerprint density at radius 1 is 0.545 bits per heavy atom. The molecular formula is C21H22O. The van der Waals surface area contributed by atoms with Crippen LogP contribution in [-0.4, -0.2) is 7.11 Å². The second-order valence-corrected chi connectivity index (χ2v) is 5.25. The van der Waals surface area contributed by atoms with Crippen LogP contribution in [0.3, 0.4) is 0 Å². The predicted molar refractivity (Wildman–Crippen MR) is 94.3 cm³/mol. The lowest BCUT2D eigenvalue weighted by Crippen LogP contribution is -1.80. The summed E-state index contributed by atoms with van der Waals surface area (Å²) in [5.41, 5.74) is 5.13. The molecule has 0 aliphatic carbocycles. The molecule has 0 aliphatic rings. The van der Waals surface area contributed by atoms with Gasteiger partial charge in [-0.3, -0.25) is 0 Å². The first-order chi connectivity index (χ1) is 10.7. The third-order valence-corrected chi connectivity index (χ3v) is 3.42. The lowest BCUT2D eigenvalue weighted by Gasteiger charge is -2.00. The summed E-state index contributed by atoms with van der Waals surface area (Å²) in [6.07, 6.45) is 0. The normalized spacial score (nSPS) is 9.59. The van der Waals surface area contributed by atoms with E-state index in [0.717, 1.165) is 5.75 Å². The molecule has 0 unspecified atom stereocenters. The largest absolute Gasteiger partial charge is 0.497 e. The van der Waals surface area contributed by atoms with Crippen LogP contribution < -0.4 is 4.74 Å². The topological polar surface area (TPSA) is 9.23 Å². The van der Waals surface area contributed by atoms with Gasteiger partial charge in [-0.05, 0) is 37.1 Å². The maximum absolute atomic E-state index is 4.97. The highest BCUT2D eigenvalue weighted by atomic mass is 16.5. The molecule has 0 spiro atoms. The summed E-state index contributed by atoms with van der Waals surface area (Å²) >= 11 is 0. The minimum Gasteiger partial charge on any atom is -0.497 e. The molecule has 0 bridgehead atoms. The molecule has 0 N–H and O–H groups in total. The van der Waals surface area contributed by atoms with E-state index in [1.807, 2.05) is 30.3 Å². The minimum atomic E-state index is 0.917. The van der Waals surface area contributed by atoms with E-state index in [4.69, 9.17) is 4.74 Å². The fraction of sp³-hybridized carbons (Fsp3) is 0.143. The van der Waals surface area contributed by atoms with Gasteiger partial charge in [-0.25, -0.2) is 0 Å². The summed E-state index contributed by atoms with van der Waals surface area (Å²) in [5, 5.41) is 0. The SMILES string of the molecule is COc1ccc(C)cc1.Cc1ccc(-c2ccccc2)cc1. The van der Waals surface area contributed by atoms with Gasteiger partial charge in [-0.2, -0.15) is 0 Å². The molecule has 3 aromatic rings. The van der Waals surface area contributed by atoms with Crippen molar-refractivity contribution >= 4 is 0 Å². The molecule has 0 saturated carbocycles. The molecule has 1 nitrogen and oxygen atoms in total. The summed E-state index contributed by atoms with van der Waals surface area (Å²) in [6, 6.07) is 27.0. The Kier molecular flexibility index (Phi) is 5.79. The van der Waals surface area contributed by atoms with Crippen LogP contribution in [0, 0.1) is 13.8 Å². The molecule has 0 atom stereocenters. The van der Waals surface area contributed by atoms with Gasteiger partial charge in [0.25, 0.3) is 0 Å². The summed E-state index contributed by atoms with van der Waals surface area (Å²) in [5.74, 6) is 0.917. The van der Waals surface area contributed by atoms with E-state index in [2.05, 4.69) is 62.4 Å². The standard InChI is InChI=1S/C13H12.C8H10O/c1-11-7-9-13(10-8-11)12-5-3-2-4-6-12;1-7-3-5-8(9-2)6-4-7/h2-10H,1H3;3-6H,1-2H3. The number of methoxy groups -OCH3 is 1. The highest BCUT2D eigenvalue weighted by Gasteiger charge is 1.93. The lowest BCUT2D eigenvalue weighted by molar-refractivity contribution is 0.414. The monoisotopic (exact) mass is 290 g/mol. The molecule has 0 radical (unpaired) electrons. The highest BCUT2D eigenvalue weighted by Crippen LogP contribution is 2.18. The number of benzene rings is 3. The van der Waals surface area contributed by atoms with E-state index in [0.29, 0.717) is 0 Å². The third-order valence-electron chi connectivity index (χ3n) is 3.42. The zero-order valence-corrected chi connectivity index (χ0v) is 13.4. The van der Waals surface area contributed by atoms with Crippen LogP contribution >= 0.6 is 0 Å². The number of aryl methyl sites for hydroxylation is 2. The van der Waals surface area contributed by atoms with Gasteiger partial charge in [0.05, 0.1) is 7.11 Å². The van der Waals surface area contributed by atoms with Gasteiger partial charge in [0.15, 0.2) is 0 Å². The van der Waals surface area contributed by atoms with Crippen LogP contribution in [0.15, 0.2) is 78.9 Å². The first-order valence-electron chi connectivity index (χ1n) is 7.42. The van der Waals surface area contributed by atoms with Gasteiger partial charge in [-0.1, -0.05) is 77.9 Å². The fourth-order valence-corrected chi connectivity index (χ4v) is 2.05. The molecule has 112 valence electrons. The van der Waals surface area contributed by atoms with E-state index in [9.17, 15) is 0 Å². The highest BCUT2D eigenvalue weighted by molar-refractivity contribution is 5.63. The zero-order chi connectivity index (χ0) is 15.8. The molecule has 0 aromatic heterocycles. The van der Waals surface area contributed by atoms with Gasteiger partial charge < -0.3 is 4.74 Å². The van der Waals surface area contributed by atoms with Crippen LogP contribution in [0.5, 0.6) is 5.75 Å². The summed E-state index contributed by atoms with van der Waals surface area (Å²) < 4.78 is 4.97. The molecule has 0 amide bonds. The summed E-state index contributed by atoms with van der Waals surface area (Å²) in [6.45, 7) is 4.16. The number of rotatable bonds is 2. The van der Waals surface area contributed by atoms with Gasteiger partial charge in [0.1, 0.15) is 5.75 Å².